The largest absolute Gasteiger partial charge is 0.390 e. The van der Waals surface area contributed by atoms with Crippen LogP contribution in [0.3, 0.4) is 0 Å². The average molecular weight is 291 g/mol. The lowest BCUT2D eigenvalue weighted by molar-refractivity contribution is 0.00593. The van der Waals surface area contributed by atoms with Crippen molar-refractivity contribution in [2.24, 2.45) is 0 Å². The SMILES string of the molecule is CC(C)OCC(O)Cc1cc(Br)ccc1F. The summed E-state index contributed by atoms with van der Waals surface area (Å²) in [5, 5.41) is 9.66. The maximum absolute atomic E-state index is 13.4. The Hall–Kier alpha value is -0.450. The Balaban J connectivity index is 2.55. The van der Waals surface area contributed by atoms with E-state index in [1.54, 1.807) is 12.1 Å². The van der Waals surface area contributed by atoms with Gasteiger partial charge in [-0.2, -0.15) is 0 Å². The molecule has 0 spiro atoms. The summed E-state index contributed by atoms with van der Waals surface area (Å²) in [6.45, 7) is 4.02. The molecule has 0 aromatic heterocycles. The quantitative estimate of drug-likeness (QED) is 0.904. The van der Waals surface area contributed by atoms with E-state index < -0.39 is 6.10 Å². The first kappa shape index (κ1) is 13.6. The highest BCUT2D eigenvalue weighted by Crippen LogP contribution is 2.17. The van der Waals surface area contributed by atoms with Crippen LogP contribution in [0.5, 0.6) is 0 Å². The second-order valence-electron chi connectivity index (χ2n) is 3.98. The molecule has 1 unspecified atom stereocenters. The van der Waals surface area contributed by atoms with Crippen molar-refractivity contribution in [2.45, 2.75) is 32.5 Å². The minimum Gasteiger partial charge on any atom is -0.390 e. The lowest BCUT2D eigenvalue weighted by atomic mass is 10.1. The smallest absolute Gasteiger partial charge is 0.126 e. The molecule has 1 N–H and O–H groups in total. The first-order valence-electron chi connectivity index (χ1n) is 5.22. The molecule has 0 heterocycles. The van der Waals surface area contributed by atoms with E-state index in [0.717, 1.165) is 4.47 Å². The number of rotatable bonds is 5. The summed E-state index contributed by atoms with van der Waals surface area (Å²) in [4.78, 5) is 0. The molecule has 1 rings (SSSR count). The molecule has 4 heteroatoms. The van der Waals surface area contributed by atoms with Gasteiger partial charge in [0.2, 0.25) is 0 Å². The summed E-state index contributed by atoms with van der Waals surface area (Å²) in [6.07, 6.45) is -0.342. The van der Waals surface area contributed by atoms with Crippen LogP contribution in [0.15, 0.2) is 22.7 Å². The van der Waals surface area contributed by atoms with Gasteiger partial charge in [-0.3, -0.25) is 0 Å². The van der Waals surface area contributed by atoms with Crippen LogP contribution in [0.25, 0.3) is 0 Å². The van der Waals surface area contributed by atoms with Gasteiger partial charge in [-0.1, -0.05) is 15.9 Å². The summed E-state index contributed by atoms with van der Waals surface area (Å²) in [6, 6.07) is 4.69. The fraction of sp³-hybridized carbons (Fsp3) is 0.500. The number of aliphatic hydroxyl groups is 1. The highest BCUT2D eigenvalue weighted by Gasteiger charge is 2.10. The summed E-state index contributed by atoms with van der Waals surface area (Å²) < 4.78 is 19.4. The molecule has 0 aliphatic carbocycles. The minimum atomic E-state index is -0.675. The van der Waals surface area contributed by atoms with Gasteiger partial charge in [-0.05, 0) is 37.6 Å². The molecule has 0 aliphatic heterocycles. The molecule has 0 radical (unpaired) electrons. The Bertz CT molecular complexity index is 342. The Morgan fingerprint density at radius 3 is 2.75 bits per heavy atom. The van der Waals surface area contributed by atoms with Gasteiger partial charge in [0, 0.05) is 10.9 Å². The van der Waals surface area contributed by atoms with Gasteiger partial charge >= 0.3 is 0 Å². The van der Waals surface area contributed by atoms with Crippen molar-refractivity contribution in [3.8, 4) is 0 Å². The zero-order chi connectivity index (χ0) is 12.1. The molecular weight excluding hydrogens is 275 g/mol. The number of hydrogen-bond donors (Lipinski definition) is 1. The summed E-state index contributed by atoms with van der Waals surface area (Å²) >= 11 is 3.27. The van der Waals surface area contributed by atoms with E-state index in [1.165, 1.54) is 6.07 Å². The molecule has 16 heavy (non-hydrogen) atoms. The summed E-state index contributed by atoms with van der Waals surface area (Å²) in [7, 11) is 0. The number of benzene rings is 1. The lowest BCUT2D eigenvalue weighted by Crippen LogP contribution is -2.21. The van der Waals surface area contributed by atoms with Crippen LogP contribution >= 0.6 is 15.9 Å². The van der Waals surface area contributed by atoms with Crippen LogP contribution in [-0.2, 0) is 11.2 Å². The van der Waals surface area contributed by atoms with E-state index in [2.05, 4.69) is 15.9 Å². The van der Waals surface area contributed by atoms with Crippen LogP contribution in [0.1, 0.15) is 19.4 Å². The van der Waals surface area contributed by atoms with E-state index in [1.807, 2.05) is 13.8 Å². The molecule has 0 amide bonds. The number of ether oxygens (including phenoxy) is 1. The van der Waals surface area contributed by atoms with E-state index in [-0.39, 0.29) is 24.9 Å². The average Bonchev–Trinajstić information content (AvgIpc) is 2.20. The van der Waals surface area contributed by atoms with Crippen LogP contribution in [0.2, 0.25) is 0 Å². The number of halogens is 2. The molecule has 0 saturated heterocycles. The molecule has 90 valence electrons. The molecule has 0 saturated carbocycles. The molecular formula is C12H16BrFO2. The topological polar surface area (TPSA) is 29.5 Å². The number of hydrogen-bond acceptors (Lipinski definition) is 2. The van der Waals surface area contributed by atoms with Crippen molar-refractivity contribution < 1.29 is 14.2 Å². The maximum atomic E-state index is 13.4. The van der Waals surface area contributed by atoms with Crippen LogP contribution < -0.4 is 0 Å². The molecule has 1 aromatic carbocycles. The van der Waals surface area contributed by atoms with Crippen molar-refractivity contribution in [1.29, 1.82) is 0 Å². The predicted molar refractivity (Wildman–Crippen MR) is 64.9 cm³/mol. The fourth-order valence-electron chi connectivity index (χ4n) is 1.32. The third-order valence-corrected chi connectivity index (χ3v) is 2.58. The van der Waals surface area contributed by atoms with Crippen LogP contribution in [-0.4, -0.2) is 23.9 Å². The Kier molecular flexibility index (Phi) is 5.38. The lowest BCUT2D eigenvalue weighted by Gasteiger charge is -2.14. The van der Waals surface area contributed by atoms with Crippen LogP contribution in [0, 0.1) is 5.82 Å². The Morgan fingerprint density at radius 2 is 2.12 bits per heavy atom. The van der Waals surface area contributed by atoms with Crippen LogP contribution in [0.4, 0.5) is 4.39 Å². The molecule has 0 aliphatic rings. The molecule has 1 aromatic rings. The predicted octanol–water partition coefficient (Wildman–Crippen LogP) is 2.92. The zero-order valence-corrected chi connectivity index (χ0v) is 11.0. The second kappa shape index (κ2) is 6.33. The second-order valence-corrected chi connectivity index (χ2v) is 4.89. The standard InChI is InChI=1S/C12H16BrFO2/c1-8(2)16-7-11(15)6-9-5-10(13)3-4-12(9)14/h3-5,8,11,15H,6-7H2,1-2H3. The van der Waals surface area contributed by atoms with E-state index in [0.29, 0.717) is 5.56 Å². The van der Waals surface area contributed by atoms with E-state index in [9.17, 15) is 9.50 Å². The van der Waals surface area contributed by atoms with Crippen molar-refractivity contribution in [3.63, 3.8) is 0 Å². The van der Waals surface area contributed by atoms with Gasteiger partial charge in [-0.15, -0.1) is 0 Å². The molecule has 0 fully saturated rings. The van der Waals surface area contributed by atoms with Crippen molar-refractivity contribution in [3.05, 3.63) is 34.1 Å². The summed E-state index contributed by atoms with van der Waals surface area (Å²) in [5.41, 5.74) is 0.495. The van der Waals surface area contributed by atoms with Gasteiger partial charge in [-0.25, -0.2) is 4.39 Å². The van der Waals surface area contributed by atoms with Gasteiger partial charge in [0.1, 0.15) is 5.82 Å². The van der Waals surface area contributed by atoms with Crippen molar-refractivity contribution >= 4 is 15.9 Å². The molecule has 1 atom stereocenters. The highest BCUT2D eigenvalue weighted by atomic mass is 79.9. The third kappa shape index (κ3) is 4.60. The molecule has 0 bridgehead atoms. The third-order valence-electron chi connectivity index (χ3n) is 2.09. The normalized spacial score (nSPS) is 13.1. The number of aliphatic hydroxyl groups excluding tert-OH is 1. The monoisotopic (exact) mass is 290 g/mol. The Labute approximate surface area is 104 Å². The summed E-state index contributed by atoms with van der Waals surface area (Å²) in [5.74, 6) is -0.299. The first-order chi connectivity index (χ1) is 7.49. The maximum Gasteiger partial charge on any atom is 0.126 e. The van der Waals surface area contributed by atoms with Crippen molar-refractivity contribution in [1.82, 2.24) is 0 Å². The molecule has 2 nitrogen and oxygen atoms in total. The van der Waals surface area contributed by atoms with Gasteiger partial charge in [0.25, 0.3) is 0 Å². The van der Waals surface area contributed by atoms with Gasteiger partial charge < -0.3 is 9.84 Å². The first-order valence-corrected chi connectivity index (χ1v) is 6.02. The van der Waals surface area contributed by atoms with Gasteiger partial charge in [0.15, 0.2) is 0 Å². The minimum absolute atomic E-state index is 0.0713. The fourth-order valence-corrected chi connectivity index (χ4v) is 1.72. The van der Waals surface area contributed by atoms with E-state index in [4.69, 9.17) is 4.74 Å². The van der Waals surface area contributed by atoms with Crippen molar-refractivity contribution in [2.75, 3.05) is 6.61 Å². The van der Waals surface area contributed by atoms with E-state index >= 15 is 0 Å². The highest BCUT2D eigenvalue weighted by molar-refractivity contribution is 9.10. The zero-order valence-electron chi connectivity index (χ0n) is 9.41. The Morgan fingerprint density at radius 1 is 1.44 bits per heavy atom. The van der Waals surface area contributed by atoms with Gasteiger partial charge in [0.05, 0.1) is 18.8 Å².